The van der Waals surface area contributed by atoms with Gasteiger partial charge in [0.2, 0.25) is 11.4 Å². The highest BCUT2D eigenvalue weighted by molar-refractivity contribution is 5.82. The summed E-state index contributed by atoms with van der Waals surface area (Å²) in [7, 11) is 0. The highest BCUT2D eigenvalue weighted by atomic mass is 15.2. The maximum atomic E-state index is 11.8. The van der Waals surface area contributed by atoms with Crippen LogP contribution in [0.3, 0.4) is 0 Å². The Morgan fingerprint density at radius 3 is 1.57 bits per heavy atom. The van der Waals surface area contributed by atoms with Crippen LogP contribution >= 0.6 is 0 Å². The van der Waals surface area contributed by atoms with Gasteiger partial charge in [0.15, 0.2) is 0 Å². The van der Waals surface area contributed by atoms with Crippen molar-refractivity contribution >= 4 is 11.4 Å². The molecule has 3 rings (SSSR count). The molecular formula is C35H42N2. The average molecular weight is 491 g/mol. The maximum Gasteiger partial charge on any atom is 0.211 e. The van der Waals surface area contributed by atoms with Gasteiger partial charge in [0.25, 0.3) is 0 Å². The molecule has 0 spiro atoms. The maximum absolute atomic E-state index is 11.8. The third-order valence-electron chi connectivity index (χ3n) is 6.66. The van der Waals surface area contributed by atoms with Gasteiger partial charge in [-0.1, -0.05) is 82.8 Å². The van der Waals surface area contributed by atoms with E-state index >= 15 is 0 Å². The number of benzene rings is 2. The summed E-state index contributed by atoms with van der Waals surface area (Å²) in [5.41, 5.74) is 20.2. The fourth-order valence-electron chi connectivity index (χ4n) is 4.76. The largest absolute Gasteiger partial charge is 0.493 e. The van der Waals surface area contributed by atoms with E-state index in [0.717, 1.165) is 91.4 Å². The summed E-state index contributed by atoms with van der Waals surface area (Å²) < 4.78 is 1.46. The molecule has 0 bridgehead atoms. The lowest BCUT2D eigenvalue weighted by Gasteiger charge is -2.10. The lowest BCUT2D eigenvalue weighted by atomic mass is 9.91. The van der Waals surface area contributed by atoms with Crippen LogP contribution in [0.25, 0.3) is 16.9 Å². The Kier molecular flexibility index (Phi) is 11.5. The van der Waals surface area contributed by atoms with Crippen LogP contribution in [0.15, 0.2) is 59.7 Å². The summed E-state index contributed by atoms with van der Waals surface area (Å²) in [6.45, 7) is 8.77. The van der Waals surface area contributed by atoms with E-state index in [4.69, 9.17) is 0 Å². The van der Waals surface area contributed by atoms with E-state index in [1.807, 2.05) is 0 Å². The van der Waals surface area contributed by atoms with E-state index in [1.165, 1.54) is 28.7 Å². The van der Waals surface area contributed by atoms with Crippen LogP contribution in [0.5, 0.6) is 0 Å². The quantitative estimate of drug-likeness (QED) is 0.170. The molecule has 1 aliphatic rings. The van der Waals surface area contributed by atoms with Crippen LogP contribution in [-0.4, -0.2) is 4.70 Å². The zero-order chi connectivity index (χ0) is 26.5. The fourth-order valence-corrected chi connectivity index (χ4v) is 4.76. The molecule has 0 aliphatic carbocycles. The van der Waals surface area contributed by atoms with Gasteiger partial charge in [0.1, 0.15) is 0 Å². The van der Waals surface area contributed by atoms with E-state index in [9.17, 15) is 5.53 Å². The highest BCUT2D eigenvalue weighted by Crippen LogP contribution is 2.44. The summed E-state index contributed by atoms with van der Waals surface area (Å²) >= 11 is 0. The van der Waals surface area contributed by atoms with Crippen LogP contribution in [0.1, 0.15) is 121 Å². The number of allylic oxidation sites excluding steroid dienone is 2. The second-order valence-electron chi connectivity index (χ2n) is 9.79. The van der Waals surface area contributed by atoms with Gasteiger partial charge in [0.05, 0.1) is 0 Å². The van der Waals surface area contributed by atoms with Crippen LogP contribution in [0, 0.1) is 23.7 Å². The number of hydrogen-bond acceptors (Lipinski definition) is 0. The van der Waals surface area contributed by atoms with Crippen LogP contribution in [0.2, 0.25) is 0 Å². The predicted molar refractivity (Wildman–Crippen MR) is 158 cm³/mol. The van der Waals surface area contributed by atoms with Crippen molar-refractivity contribution in [2.75, 3.05) is 0 Å². The molecule has 0 unspecified atom stereocenters. The summed E-state index contributed by atoms with van der Waals surface area (Å²) in [6.07, 6.45) is 11.5. The molecule has 1 aliphatic heterocycles. The zero-order valence-electron chi connectivity index (χ0n) is 23.3. The van der Waals surface area contributed by atoms with E-state index in [2.05, 4.69) is 99.9 Å². The molecule has 0 radical (unpaired) electrons. The molecule has 2 nitrogen and oxygen atoms in total. The van der Waals surface area contributed by atoms with Crippen molar-refractivity contribution in [1.82, 2.24) is 0 Å². The number of hydrogen-bond donors (Lipinski definition) is 0. The first-order chi connectivity index (χ1) is 18.1. The fraction of sp³-hybridized carbons (Fsp3) is 0.429. The van der Waals surface area contributed by atoms with Gasteiger partial charge in [-0.3, -0.25) is 0 Å². The van der Waals surface area contributed by atoms with Crippen LogP contribution in [-0.2, 0) is 0 Å². The first kappa shape index (κ1) is 28.2. The average Bonchev–Trinajstić information content (AvgIpc) is 3.19. The Bertz CT molecular complexity index is 1270. The molecule has 2 aromatic carbocycles. The Labute approximate surface area is 225 Å². The SMILES string of the molecule is CCCC#Cc1cccc(C2=C(CCCC)C(CCCCC)=C(c3cccc(C#CCCC)c3)[N+]2=[N-])c1. The van der Waals surface area contributed by atoms with Crippen molar-refractivity contribution in [3.8, 4) is 23.7 Å². The Balaban J connectivity index is 2.13. The summed E-state index contributed by atoms with van der Waals surface area (Å²) in [6, 6.07) is 16.7. The first-order valence-corrected chi connectivity index (χ1v) is 14.3. The highest BCUT2D eigenvalue weighted by Gasteiger charge is 2.35. The van der Waals surface area contributed by atoms with Gasteiger partial charge in [-0.2, -0.15) is 0 Å². The molecule has 0 amide bonds. The zero-order valence-corrected chi connectivity index (χ0v) is 23.3. The minimum Gasteiger partial charge on any atom is -0.493 e. The van der Waals surface area contributed by atoms with Crippen molar-refractivity contribution in [3.63, 3.8) is 0 Å². The molecule has 2 aromatic rings. The Hall–Kier alpha value is -3.36. The Morgan fingerprint density at radius 1 is 0.622 bits per heavy atom. The van der Waals surface area contributed by atoms with Gasteiger partial charge in [-0.25, -0.2) is 4.70 Å². The molecule has 192 valence electrons. The number of unbranched alkanes of at least 4 members (excludes halogenated alkanes) is 5. The molecule has 0 saturated carbocycles. The van der Waals surface area contributed by atoms with Crippen molar-refractivity contribution < 1.29 is 4.70 Å². The second kappa shape index (κ2) is 15.0. The molecule has 0 N–H and O–H groups in total. The van der Waals surface area contributed by atoms with E-state index < -0.39 is 0 Å². The van der Waals surface area contributed by atoms with Crippen molar-refractivity contribution in [3.05, 3.63) is 87.5 Å². The summed E-state index contributed by atoms with van der Waals surface area (Å²) in [5, 5.41) is 0. The van der Waals surface area contributed by atoms with Crippen LogP contribution < -0.4 is 0 Å². The van der Waals surface area contributed by atoms with Gasteiger partial charge in [0, 0.05) is 46.2 Å². The van der Waals surface area contributed by atoms with Gasteiger partial charge in [-0.15, -0.1) is 0 Å². The minimum absolute atomic E-state index is 0.894. The molecule has 0 fully saturated rings. The lowest BCUT2D eigenvalue weighted by Crippen LogP contribution is -2.03. The molecule has 0 saturated heterocycles. The second-order valence-corrected chi connectivity index (χ2v) is 9.79. The molecule has 1 heterocycles. The minimum atomic E-state index is 0.894. The van der Waals surface area contributed by atoms with Crippen molar-refractivity contribution in [2.45, 2.75) is 98.3 Å². The first-order valence-electron chi connectivity index (χ1n) is 14.3. The van der Waals surface area contributed by atoms with Gasteiger partial charge >= 0.3 is 0 Å². The van der Waals surface area contributed by atoms with E-state index in [1.54, 1.807) is 0 Å². The van der Waals surface area contributed by atoms with Crippen LogP contribution in [0.4, 0.5) is 0 Å². The van der Waals surface area contributed by atoms with E-state index in [-0.39, 0.29) is 0 Å². The van der Waals surface area contributed by atoms with Crippen molar-refractivity contribution in [1.29, 1.82) is 0 Å². The third kappa shape index (κ3) is 7.57. The topological polar surface area (TPSA) is 25.3 Å². The number of rotatable bonds is 11. The lowest BCUT2D eigenvalue weighted by molar-refractivity contribution is -0.345. The summed E-state index contributed by atoms with van der Waals surface area (Å²) in [5.74, 6) is 13.2. The molecular weight excluding hydrogens is 448 g/mol. The Morgan fingerprint density at radius 2 is 1.11 bits per heavy atom. The number of nitrogens with zero attached hydrogens (tertiary/aromatic N) is 2. The summed E-state index contributed by atoms with van der Waals surface area (Å²) in [4.78, 5) is 0. The van der Waals surface area contributed by atoms with Gasteiger partial charge in [-0.05, 0) is 74.9 Å². The third-order valence-corrected chi connectivity index (χ3v) is 6.66. The standard InChI is InChI=1S/C35H42N2/c1-5-9-13-18-28-20-16-22-30(26-28)34-32(24-12-8-4)33(25-15-11-7-3)35(37(34)36)31-23-17-21-29(27-31)19-14-10-6-2/h16-17,20-23,26-27H,5-12,15,24-25H2,1-4H3. The predicted octanol–water partition coefficient (Wildman–Crippen LogP) is 9.93. The normalized spacial score (nSPS) is 12.9. The van der Waals surface area contributed by atoms with E-state index in [0.29, 0.717) is 0 Å². The molecule has 0 aromatic heterocycles. The molecule has 0 atom stereocenters. The van der Waals surface area contributed by atoms with Crippen molar-refractivity contribution in [2.24, 2.45) is 0 Å². The van der Waals surface area contributed by atoms with Gasteiger partial charge < -0.3 is 5.53 Å². The molecule has 2 heteroatoms. The monoisotopic (exact) mass is 490 g/mol. The smallest absolute Gasteiger partial charge is 0.211 e. The molecule has 37 heavy (non-hydrogen) atoms.